The summed E-state index contributed by atoms with van der Waals surface area (Å²) in [5.41, 5.74) is 1.44. The maximum atomic E-state index is 5.66. The van der Waals surface area contributed by atoms with Gasteiger partial charge in [-0.25, -0.2) is 0 Å². The molecule has 0 aromatic heterocycles. The topological polar surface area (TPSA) is 9.23 Å². The lowest BCUT2D eigenvalue weighted by Crippen LogP contribution is -1.96. The molecular formula is C17H28O. The monoisotopic (exact) mass is 248 g/mol. The van der Waals surface area contributed by atoms with Crippen molar-refractivity contribution in [3.63, 3.8) is 0 Å². The number of hydrogen-bond acceptors (Lipinski definition) is 1. The molecule has 0 N–H and O–H groups in total. The fourth-order valence-corrected chi connectivity index (χ4v) is 2.02. The van der Waals surface area contributed by atoms with Crippen molar-refractivity contribution < 1.29 is 4.74 Å². The van der Waals surface area contributed by atoms with Crippen LogP contribution in [0.15, 0.2) is 24.3 Å². The molecule has 0 unspecified atom stereocenters. The van der Waals surface area contributed by atoms with E-state index in [4.69, 9.17) is 4.74 Å². The van der Waals surface area contributed by atoms with E-state index in [1.54, 1.807) is 0 Å². The molecule has 1 rings (SSSR count). The van der Waals surface area contributed by atoms with E-state index in [2.05, 4.69) is 38.1 Å². The first-order chi connectivity index (χ1) is 8.86. The summed E-state index contributed by atoms with van der Waals surface area (Å²) in [4.78, 5) is 0. The van der Waals surface area contributed by atoms with Crippen LogP contribution in [0.25, 0.3) is 0 Å². The third-order valence-corrected chi connectivity index (χ3v) is 3.26. The summed E-state index contributed by atoms with van der Waals surface area (Å²) < 4.78 is 5.66. The van der Waals surface area contributed by atoms with Gasteiger partial charge in [0, 0.05) is 0 Å². The molecule has 0 aliphatic heterocycles. The lowest BCUT2D eigenvalue weighted by atomic mass is 10.1. The Balaban J connectivity index is 2.19. The summed E-state index contributed by atoms with van der Waals surface area (Å²) in [5, 5.41) is 0. The normalized spacial score (nSPS) is 10.6. The predicted molar refractivity (Wildman–Crippen MR) is 79.3 cm³/mol. The number of hydrogen-bond donors (Lipinski definition) is 0. The van der Waals surface area contributed by atoms with Gasteiger partial charge in [0.25, 0.3) is 0 Å². The molecule has 0 saturated carbocycles. The molecule has 1 nitrogen and oxygen atoms in total. The SMILES string of the molecule is CCCCCCCc1ccc(OCCCC)cc1. The summed E-state index contributed by atoms with van der Waals surface area (Å²) in [6.07, 6.45) is 10.3. The Bertz CT molecular complexity index is 289. The van der Waals surface area contributed by atoms with E-state index in [0.717, 1.165) is 18.8 Å². The maximum absolute atomic E-state index is 5.66. The van der Waals surface area contributed by atoms with Crippen LogP contribution in [0.1, 0.15) is 64.4 Å². The zero-order chi connectivity index (χ0) is 13.1. The first kappa shape index (κ1) is 15.1. The van der Waals surface area contributed by atoms with Gasteiger partial charge in [-0.3, -0.25) is 0 Å². The third-order valence-electron chi connectivity index (χ3n) is 3.26. The van der Waals surface area contributed by atoms with E-state index in [1.165, 1.54) is 50.5 Å². The van der Waals surface area contributed by atoms with Crippen LogP contribution in [0, 0.1) is 0 Å². The van der Waals surface area contributed by atoms with Gasteiger partial charge in [-0.15, -0.1) is 0 Å². The van der Waals surface area contributed by atoms with Crippen LogP contribution in [-0.2, 0) is 6.42 Å². The predicted octanol–water partition coefficient (Wildman–Crippen LogP) is 5.38. The van der Waals surface area contributed by atoms with Crippen LogP contribution in [0.2, 0.25) is 0 Å². The number of ether oxygens (including phenoxy) is 1. The minimum absolute atomic E-state index is 0.840. The maximum Gasteiger partial charge on any atom is 0.119 e. The molecule has 0 saturated heterocycles. The molecule has 102 valence electrons. The van der Waals surface area contributed by atoms with Gasteiger partial charge in [-0.05, 0) is 37.0 Å². The van der Waals surface area contributed by atoms with Crippen molar-refractivity contribution in [3.8, 4) is 5.75 Å². The average Bonchev–Trinajstić information content (AvgIpc) is 2.40. The Morgan fingerprint density at radius 3 is 2.11 bits per heavy atom. The summed E-state index contributed by atoms with van der Waals surface area (Å²) in [7, 11) is 0. The fraction of sp³-hybridized carbons (Fsp3) is 0.647. The number of aryl methyl sites for hydroxylation is 1. The van der Waals surface area contributed by atoms with Gasteiger partial charge in [-0.2, -0.15) is 0 Å². The van der Waals surface area contributed by atoms with Crippen LogP contribution >= 0.6 is 0 Å². The second kappa shape index (κ2) is 9.99. The number of unbranched alkanes of at least 4 members (excludes halogenated alkanes) is 5. The molecule has 0 amide bonds. The van der Waals surface area contributed by atoms with Crippen LogP contribution < -0.4 is 4.74 Å². The first-order valence-electron chi connectivity index (χ1n) is 7.58. The molecule has 0 spiro atoms. The summed E-state index contributed by atoms with van der Waals surface area (Å²) >= 11 is 0. The molecular weight excluding hydrogens is 220 g/mol. The number of benzene rings is 1. The summed E-state index contributed by atoms with van der Waals surface area (Å²) in [6, 6.07) is 8.64. The Morgan fingerprint density at radius 2 is 1.44 bits per heavy atom. The molecule has 0 radical (unpaired) electrons. The molecule has 1 aromatic carbocycles. The zero-order valence-electron chi connectivity index (χ0n) is 12.1. The van der Waals surface area contributed by atoms with Crippen molar-refractivity contribution in [2.45, 2.75) is 65.2 Å². The zero-order valence-corrected chi connectivity index (χ0v) is 12.1. The smallest absolute Gasteiger partial charge is 0.119 e. The molecule has 1 heteroatoms. The largest absolute Gasteiger partial charge is 0.494 e. The van der Waals surface area contributed by atoms with Gasteiger partial charge < -0.3 is 4.74 Å². The molecule has 1 aromatic rings. The molecule has 0 heterocycles. The minimum Gasteiger partial charge on any atom is -0.494 e. The molecule has 0 atom stereocenters. The molecule has 18 heavy (non-hydrogen) atoms. The van der Waals surface area contributed by atoms with E-state index in [0.29, 0.717) is 0 Å². The fourth-order valence-electron chi connectivity index (χ4n) is 2.02. The van der Waals surface area contributed by atoms with E-state index in [1.807, 2.05) is 0 Å². The minimum atomic E-state index is 0.840. The van der Waals surface area contributed by atoms with Crippen molar-refractivity contribution in [2.24, 2.45) is 0 Å². The van der Waals surface area contributed by atoms with Gasteiger partial charge in [-0.1, -0.05) is 58.1 Å². The van der Waals surface area contributed by atoms with Crippen LogP contribution in [0.3, 0.4) is 0 Å². The lowest BCUT2D eigenvalue weighted by molar-refractivity contribution is 0.309. The second-order valence-electron chi connectivity index (χ2n) is 5.01. The Hall–Kier alpha value is -0.980. The highest BCUT2D eigenvalue weighted by Gasteiger charge is 1.96. The highest BCUT2D eigenvalue weighted by atomic mass is 16.5. The highest BCUT2D eigenvalue weighted by Crippen LogP contribution is 2.15. The van der Waals surface area contributed by atoms with E-state index in [9.17, 15) is 0 Å². The van der Waals surface area contributed by atoms with Crippen LogP contribution in [0.4, 0.5) is 0 Å². The van der Waals surface area contributed by atoms with Crippen molar-refractivity contribution in [1.29, 1.82) is 0 Å². The molecule has 0 bridgehead atoms. The van der Waals surface area contributed by atoms with Crippen LogP contribution in [-0.4, -0.2) is 6.61 Å². The number of rotatable bonds is 10. The third kappa shape index (κ3) is 6.68. The van der Waals surface area contributed by atoms with Crippen molar-refractivity contribution in [2.75, 3.05) is 6.61 Å². The average molecular weight is 248 g/mol. The van der Waals surface area contributed by atoms with Crippen LogP contribution in [0.5, 0.6) is 5.75 Å². The van der Waals surface area contributed by atoms with Gasteiger partial charge >= 0.3 is 0 Å². The van der Waals surface area contributed by atoms with Gasteiger partial charge in [0.15, 0.2) is 0 Å². The van der Waals surface area contributed by atoms with E-state index < -0.39 is 0 Å². The summed E-state index contributed by atoms with van der Waals surface area (Å²) in [6.45, 7) is 5.29. The standard InChI is InChI=1S/C17H28O/c1-3-5-7-8-9-10-16-11-13-17(14-12-16)18-15-6-4-2/h11-14H,3-10,15H2,1-2H3. The quantitative estimate of drug-likeness (QED) is 0.505. The van der Waals surface area contributed by atoms with Gasteiger partial charge in [0.1, 0.15) is 5.75 Å². The van der Waals surface area contributed by atoms with Crippen molar-refractivity contribution in [1.82, 2.24) is 0 Å². The summed E-state index contributed by atoms with van der Waals surface area (Å²) in [5.74, 6) is 1.01. The second-order valence-corrected chi connectivity index (χ2v) is 5.01. The Labute approximate surface area is 113 Å². The lowest BCUT2D eigenvalue weighted by Gasteiger charge is -2.06. The molecule has 0 aliphatic carbocycles. The Kier molecular flexibility index (Phi) is 8.37. The molecule has 0 fully saturated rings. The first-order valence-corrected chi connectivity index (χ1v) is 7.58. The van der Waals surface area contributed by atoms with Gasteiger partial charge in [0.05, 0.1) is 6.61 Å². The van der Waals surface area contributed by atoms with Crippen molar-refractivity contribution >= 4 is 0 Å². The molecule has 0 aliphatic rings. The Morgan fingerprint density at radius 1 is 0.778 bits per heavy atom. The van der Waals surface area contributed by atoms with Gasteiger partial charge in [0.2, 0.25) is 0 Å². The highest BCUT2D eigenvalue weighted by molar-refractivity contribution is 5.27. The van der Waals surface area contributed by atoms with E-state index >= 15 is 0 Å². The van der Waals surface area contributed by atoms with E-state index in [-0.39, 0.29) is 0 Å². The van der Waals surface area contributed by atoms with Crippen molar-refractivity contribution in [3.05, 3.63) is 29.8 Å².